The van der Waals surface area contributed by atoms with Crippen molar-refractivity contribution in [2.75, 3.05) is 6.54 Å². The Balaban J connectivity index is 1.54. The molecule has 4 N–H and O–H groups in total. The van der Waals surface area contributed by atoms with Crippen LogP contribution < -0.4 is 10.6 Å². The van der Waals surface area contributed by atoms with Gasteiger partial charge < -0.3 is 25.5 Å². The average Bonchev–Trinajstić information content (AvgIpc) is 3.34. The maximum absolute atomic E-state index is 13.6. The minimum atomic E-state index is -4.59. The molecule has 4 rings (SSSR count). The van der Waals surface area contributed by atoms with Gasteiger partial charge in [0, 0.05) is 24.4 Å². The summed E-state index contributed by atoms with van der Waals surface area (Å²) in [5, 5.41) is 30.4. The Bertz CT molecular complexity index is 1440. The van der Waals surface area contributed by atoms with E-state index in [0.29, 0.717) is 5.39 Å². The summed E-state index contributed by atoms with van der Waals surface area (Å²) in [4.78, 5) is 36.3. The van der Waals surface area contributed by atoms with Crippen molar-refractivity contribution in [3.63, 3.8) is 0 Å². The SMILES string of the molecule is CC(C)C[C@H](NC(=O)C1(Cc2cccc(C(F)(F)F)c2)CC(CNC(=O)c2nccc3ccccc23)=NO1)B(O)O. The van der Waals surface area contributed by atoms with E-state index in [9.17, 15) is 32.8 Å². The Hall–Kier alpha value is -3.97. The zero-order valence-electron chi connectivity index (χ0n) is 22.5. The van der Waals surface area contributed by atoms with Crippen molar-refractivity contribution in [3.8, 4) is 0 Å². The maximum atomic E-state index is 13.6. The Morgan fingerprint density at radius 3 is 2.59 bits per heavy atom. The number of pyridine rings is 1. The fourth-order valence-corrected chi connectivity index (χ4v) is 4.75. The smallest absolute Gasteiger partial charge is 0.426 e. The van der Waals surface area contributed by atoms with E-state index in [0.717, 1.165) is 17.5 Å². The van der Waals surface area contributed by atoms with Gasteiger partial charge >= 0.3 is 13.3 Å². The van der Waals surface area contributed by atoms with Crippen LogP contribution in [-0.4, -0.2) is 57.8 Å². The Kier molecular flexibility index (Phi) is 8.98. The van der Waals surface area contributed by atoms with Crippen LogP contribution in [0.15, 0.2) is 65.9 Å². The number of fused-ring (bicyclic) bond motifs is 1. The van der Waals surface area contributed by atoms with Crippen molar-refractivity contribution in [2.45, 2.75) is 50.8 Å². The van der Waals surface area contributed by atoms with Crippen molar-refractivity contribution in [2.24, 2.45) is 11.1 Å². The predicted molar refractivity (Wildman–Crippen MR) is 147 cm³/mol. The number of hydrogen-bond acceptors (Lipinski definition) is 7. The van der Waals surface area contributed by atoms with Gasteiger partial charge in [0.05, 0.1) is 23.8 Å². The molecule has 1 aromatic heterocycles. The molecule has 1 unspecified atom stereocenters. The molecule has 2 heterocycles. The first kappa shape index (κ1) is 30.0. The zero-order valence-corrected chi connectivity index (χ0v) is 22.5. The second-order valence-corrected chi connectivity index (χ2v) is 10.5. The van der Waals surface area contributed by atoms with Crippen LogP contribution in [0.5, 0.6) is 0 Å². The third kappa shape index (κ3) is 7.22. The number of nitrogens with zero attached hydrogens (tertiary/aromatic N) is 2. The zero-order chi connectivity index (χ0) is 29.8. The first-order valence-electron chi connectivity index (χ1n) is 13.1. The van der Waals surface area contributed by atoms with Gasteiger partial charge in [0.2, 0.25) is 5.60 Å². The number of carbonyl (C=O) groups excluding carboxylic acids is 2. The van der Waals surface area contributed by atoms with Crippen LogP contribution in [0.4, 0.5) is 13.2 Å². The van der Waals surface area contributed by atoms with E-state index in [4.69, 9.17) is 4.84 Å². The molecule has 1 aliphatic heterocycles. The number of nitrogens with one attached hydrogen (secondary N) is 2. The molecule has 0 aliphatic carbocycles. The molecule has 216 valence electrons. The fourth-order valence-electron chi connectivity index (χ4n) is 4.75. The number of amides is 2. The molecule has 0 saturated heterocycles. The number of alkyl halides is 3. The molecule has 2 aromatic carbocycles. The van der Waals surface area contributed by atoms with Crippen LogP contribution in [0.3, 0.4) is 0 Å². The van der Waals surface area contributed by atoms with Gasteiger partial charge in [-0.3, -0.25) is 14.6 Å². The molecule has 0 fully saturated rings. The largest absolute Gasteiger partial charge is 0.475 e. The van der Waals surface area contributed by atoms with Gasteiger partial charge in [0.15, 0.2) is 0 Å². The van der Waals surface area contributed by atoms with Gasteiger partial charge in [-0.1, -0.05) is 61.5 Å². The van der Waals surface area contributed by atoms with E-state index in [1.165, 1.54) is 18.3 Å². The van der Waals surface area contributed by atoms with E-state index in [1.807, 2.05) is 26.0 Å². The molecule has 1 aliphatic rings. The minimum Gasteiger partial charge on any atom is -0.426 e. The summed E-state index contributed by atoms with van der Waals surface area (Å²) in [6.07, 6.45) is -3.29. The number of carbonyl (C=O) groups is 2. The van der Waals surface area contributed by atoms with Gasteiger partial charge in [-0.25, -0.2) is 0 Å². The molecule has 0 radical (unpaired) electrons. The lowest BCUT2D eigenvalue weighted by Gasteiger charge is -2.29. The molecule has 3 aromatic rings. The van der Waals surface area contributed by atoms with Gasteiger partial charge in [-0.05, 0) is 35.4 Å². The highest BCUT2D eigenvalue weighted by atomic mass is 19.4. The Morgan fingerprint density at radius 2 is 1.88 bits per heavy atom. The third-order valence-corrected chi connectivity index (χ3v) is 6.74. The summed E-state index contributed by atoms with van der Waals surface area (Å²) in [5.41, 5.74) is -2.04. The van der Waals surface area contributed by atoms with E-state index < -0.39 is 42.2 Å². The highest BCUT2D eigenvalue weighted by molar-refractivity contribution is 6.43. The van der Waals surface area contributed by atoms with E-state index in [2.05, 4.69) is 20.8 Å². The number of aromatic nitrogens is 1. The van der Waals surface area contributed by atoms with Crippen LogP contribution >= 0.6 is 0 Å². The standard InChI is InChI=1S/C28H30BF3N4O5/c1-17(2)12-23(29(39)40)35-26(38)27(14-18-6-5-8-20(13-18)28(30,31)32)15-21(36-41-27)16-34-25(37)24-22-9-4-3-7-19(22)10-11-33-24/h3-11,13,17,23,39-40H,12,14-16H2,1-2H3,(H,34,37)(H,35,38)/t23-,27?/m0/s1. The van der Waals surface area contributed by atoms with E-state index in [-0.39, 0.29) is 48.7 Å². The summed E-state index contributed by atoms with van der Waals surface area (Å²) in [6.45, 7) is 3.56. The topological polar surface area (TPSA) is 133 Å². The van der Waals surface area contributed by atoms with E-state index >= 15 is 0 Å². The van der Waals surface area contributed by atoms with Crippen LogP contribution in [0, 0.1) is 5.92 Å². The lowest BCUT2D eigenvalue weighted by molar-refractivity contribution is -0.144. The van der Waals surface area contributed by atoms with Crippen molar-refractivity contribution in [1.29, 1.82) is 0 Å². The normalized spacial score (nSPS) is 17.6. The highest BCUT2D eigenvalue weighted by Gasteiger charge is 2.48. The summed E-state index contributed by atoms with van der Waals surface area (Å²) >= 11 is 0. The molecule has 9 nitrogen and oxygen atoms in total. The van der Waals surface area contributed by atoms with Gasteiger partial charge in [-0.2, -0.15) is 13.2 Å². The van der Waals surface area contributed by atoms with Gasteiger partial charge in [0.25, 0.3) is 11.8 Å². The molecule has 0 spiro atoms. The van der Waals surface area contributed by atoms with Crippen LogP contribution in [0.2, 0.25) is 0 Å². The van der Waals surface area contributed by atoms with Gasteiger partial charge in [0.1, 0.15) is 5.69 Å². The van der Waals surface area contributed by atoms with Crippen molar-refractivity contribution in [3.05, 3.63) is 77.6 Å². The average molecular weight is 570 g/mol. The first-order valence-corrected chi connectivity index (χ1v) is 13.1. The summed E-state index contributed by atoms with van der Waals surface area (Å²) in [7, 11) is -1.87. The molecule has 2 atom stereocenters. The molecule has 13 heteroatoms. The van der Waals surface area contributed by atoms with Gasteiger partial charge in [-0.15, -0.1) is 0 Å². The second kappa shape index (κ2) is 12.3. The quantitative estimate of drug-likeness (QED) is 0.277. The lowest BCUT2D eigenvalue weighted by Crippen LogP contribution is -2.56. The van der Waals surface area contributed by atoms with E-state index in [1.54, 1.807) is 18.2 Å². The third-order valence-electron chi connectivity index (χ3n) is 6.74. The maximum Gasteiger partial charge on any atom is 0.475 e. The van der Waals surface area contributed by atoms with Crippen molar-refractivity contribution < 1.29 is 37.6 Å². The summed E-state index contributed by atoms with van der Waals surface area (Å²) < 4.78 is 40.1. The van der Waals surface area contributed by atoms with Crippen molar-refractivity contribution >= 4 is 35.4 Å². The molecule has 0 saturated carbocycles. The Morgan fingerprint density at radius 1 is 1.12 bits per heavy atom. The molecule has 0 bridgehead atoms. The number of halogens is 3. The first-order chi connectivity index (χ1) is 19.4. The molecule has 2 amide bonds. The number of benzene rings is 2. The number of oxime groups is 1. The highest BCUT2D eigenvalue weighted by Crippen LogP contribution is 2.33. The lowest BCUT2D eigenvalue weighted by atomic mass is 9.74. The van der Waals surface area contributed by atoms with Crippen LogP contribution in [-0.2, 0) is 22.2 Å². The molecular weight excluding hydrogens is 540 g/mol. The van der Waals surface area contributed by atoms with Crippen molar-refractivity contribution in [1.82, 2.24) is 15.6 Å². The Labute approximate surface area is 234 Å². The fraction of sp³-hybridized carbons (Fsp3) is 0.357. The molecule has 41 heavy (non-hydrogen) atoms. The van der Waals surface area contributed by atoms with Crippen LogP contribution in [0.25, 0.3) is 10.8 Å². The predicted octanol–water partition coefficient (Wildman–Crippen LogP) is 3.28. The summed E-state index contributed by atoms with van der Waals surface area (Å²) in [5.74, 6) is -2.31. The second-order valence-electron chi connectivity index (χ2n) is 10.5. The number of hydrogen-bond donors (Lipinski definition) is 4. The monoisotopic (exact) mass is 570 g/mol. The molecular formula is C28H30BF3N4O5. The summed E-state index contributed by atoms with van der Waals surface area (Å²) in [6, 6.07) is 13.5. The minimum absolute atomic E-state index is 0.00397. The van der Waals surface area contributed by atoms with Crippen LogP contribution in [0.1, 0.15) is 48.3 Å². The number of rotatable bonds is 10.